The third kappa shape index (κ3) is 6.59. The molecule has 0 amide bonds. The van der Waals surface area contributed by atoms with Gasteiger partial charge in [0, 0.05) is 27.6 Å². The van der Waals surface area contributed by atoms with Gasteiger partial charge in [-0.25, -0.2) is 9.97 Å². The molecule has 0 saturated heterocycles. The van der Waals surface area contributed by atoms with Crippen molar-refractivity contribution in [3.8, 4) is 33.6 Å². The Hall–Kier alpha value is -8.08. The van der Waals surface area contributed by atoms with E-state index in [9.17, 15) is 0 Å². The average Bonchev–Trinajstić information content (AvgIpc) is 3.35. The van der Waals surface area contributed by atoms with Crippen LogP contribution in [-0.4, -0.2) is 16.0 Å². The van der Waals surface area contributed by atoms with Crippen LogP contribution in [0.1, 0.15) is 28.3 Å². The molecular formula is C58H40N4. The molecule has 0 radical (unpaired) electrons. The molecule has 2 aliphatic heterocycles. The van der Waals surface area contributed by atoms with Crippen LogP contribution < -0.4 is 10.6 Å². The van der Waals surface area contributed by atoms with Gasteiger partial charge in [-0.05, 0) is 91.7 Å². The summed E-state index contributed by atoms with van der Waals surface area (Å²) in [5, 5.41) is 12.3. The number of dihydropyridines is 1. The second-order valence-electron chi connectivity index (χ2n) is 16.3. The maximum atomic E-state index is 5.21. The van der Waals surface area contributed by atoms with Crippen LogP contribution in [0.2, 0.25) is 0 Å². The van der Waals surface area contributed by atoms with Crippen LogP contribution in [0, 0.1) is 0 Å². The van der Waals surface area contributed by atoms with Gasteiger partial charge in [-0.3, -0.25) is 0 Å². The van der Waals surface area contributed by atoms with Gasteiger partial charge in [0.1, 0.15) is 0 Å². The van der Waals surface area contributed by atoms with Crippen LogP contribution in [0.3, 0.4) is 0 Å². The molecule has 62 heavy (non-hydrogen) atoms. The molecule has 0 fully saturated rings. The highest BCUT2D eigenvalue weighted by Gasteiger charge is 2.21. The summed E-state index contributed by atoms with van der Waals surface area (Å²) in [7, 11) is 0. The standard InChI is InChI=1S/C58H40N4/c1-3-7-37(8-4-1)38-11-13-39(14-12-38)47-19-15-41-26-30-53(60-55(41)35-47)50-22-16-42-25-29-52(59-56(42)36-50)48-23-20-46-34-49(24-21-45(46)33-48)54-32-28-44-18-17-43-27-31-51(40-9-5-2-6-10-40)61-57(43)58(44)62-54/h1-36,54-55,60,62H. The summed E-state index contributed by atoms with van der Waals surface area (Å²) < 4.78 is 0. The summed E-state index contributed by atoms with van der Waals surface area (Å²) in [6, 6.07) is 62.8. The van der Waals surface area contributed by atoms with Crippen molar-refractivity contribution in [2.45, 2.75) is 12.1 Å². The number of nitrogens with zero attached hydrogens (tertiary/aromatic N) is 2. The Bertz CT molecular complexity index is 3390. The van der Waals surface area contributed by atoms with E-state index in [2.05, 4.69) is 223 Å². The number of nitrogens with one attached hydrogen (secondary N) is 2. The molecule has 2 N–H and O–H groups in total. The monoisotopic (exact) mass is 792 g/mol. The van der Waals surface area contributed by atoms with Gasteiger partial charge in [0.05, 0.1) is 40.2 Å². The Balaban J connectivity index is 0.781. The molecule has 292 valence electrons. The van der Waals surface area contributed by atoms with Gasteiger partial charge in [0.15, 0.2) is 0 Å². The molecule has 4 heterocycles. The molecule has 0 spiro atoms. The fourth-order valence-corrected chi connectivity index (χ4v) is 9.08. The third-order valence-corrected chi connectivity index (χ3v) is 12.5. The smallest absolute Gasteiger partial charge is 0.0947 e. The molecule has 0 bridgehead atoms. The van der Waals surface area contributed by atoms with Crippen molar-refractivity contribution >= 4 is 55.6 Å². The molecule has 2 unspecified atom stereocenters. The van der Waals surface area contributed by atoms with E-state index in [0.717, 1.165) is 66.8 Å². The van der Waals surface area contributed by atoms with Crippen LogP contribution >= 0.6 is 0 Å². The molecule has 7 aromatic carbocycles. The zero-order chi connectivity index (χ0) is 41.0. The number of anilines is 1. The minimum atomic E-state index is 0.0248. The van der Waals surface area contributed by atoms with E-state index < -0.39 is 0 Å². The van der Waals surface area contributed by atoms with E-state index >= 15 is 0 Å². The fourth-order valence-electron chi connectivity index (χ4n) is 9.08. The second kappa shape index (κ2) is 14.9. The van der Waals surface area contributed by atoms with E-state index in [-0.39, 0.29) is 12.1 Å². The number of hydrogen-bond acceptors (Lipinski definition) is 4. The third-order valence-electron chi connectivity index (χ3n) is 12.5. The maximum Gasteiger partial charge on any atom is 0.0947 e. The number of allylic oxidation sites excluding steroid dienone is 4. The largest absolute Gasteiger partial charge is 0.374 e. The van der Waals surface area contributed by atoms with Gasteiger partial charge in [0.25, 0.3) is 0 Å². The molecule has 2 atom stereocenters. The number of fused-ring (bicyclic) bond motifs is 6. The minimum absolute atomic E-state index is 0.0248. The Labute approximate surface area is 360 Å². The number of benzene rings is 7. The summed E-state index contributed by atoms with van der Waals surface area (Å²) in [6.07, 6.45) is 15.7. The first kappa shape index (κ1) is 35.8. The first-order valence-electron chi connectivity index (χ1n) is 21.3. The summed E-state index contributed by atoms with van der Waals surface area (Å²) in [5.74, 6) is 0. The average molecular weight is 793 g/mol. The Kier molecular flexibility index (Phi) is 8.60. The van der Waals surface area contributed by atoms with Crippen molar-refractivity contribution in [3.05, 3.63) is 240 Å². The van der Waals surface area contributed by atoms with Gasteiger partial charge in [-0.2, -0.15) is 0 Å². The molecule has 9 aromatic rings. The maximum absolute atomic E-state index is 5.21. The van der Waals surface area contributed by atoms with Crippen LogP contribution in [0.25, 0.3) is 83.6 Å². The molecule has 4 nitrogen and oxygen atoms in total. The highest BCUT2D eigenvalue weighted by atomic mass is 14.9. The van der Waals surface area contributed by atoms with Crippen LogP contribution in [-0.2, 0) is 0 Å². The number of pyridine rings is 2. The number of hydrogen-bond donors (Lipinski definition) is 2. The zero-order valence-electron chi connectivity index (χ0n) is 33.8. The van der Waals surface area contributed by atoms with Crippen molar-refractivity contribution in [2.75, 3.05) is 5.32 Å². The van der Waals surface area contributed by atoms with Crippen molar-refractivity contribution in [1.82, 2.24) is 15.3 Å². The molecule has 1 aliphatic carbocycles. The zero-order valence-corrected chi connectivity index (χ0v) is 33.8. The summed E-state index contributed by atoms with van der Waals surface area (Å²) >= 11 is 0. The lowest BCUT2D eigenvalue weighted by Crippen LogP contribution is -2.30. The van der Waals surface area contributed by atoms with E-state index in [1.807, 2.05) is 6.07 Å². The van der Waals surface area contributed by atoms with Gasteiger partial charge < -0.3 is 10.6 Å². The quantitative estimate of drug-likeness (QED) is 0.176. The number of rotatable bonds is 6. The highest BCUT2D eigenvalue weighted by Crippen LogP contribution is 2.38. The minimum Gasteiger partial charge on any atom is -0.374 e. The van der Waals surface area contributed by atoms with Crippen LogP contribution in [0.15, 0.2) is 218 Å². The predicted octanol–water partition coefficient (Wildman–Crippen LogP) is 14.0. The summed E-state index contributed by atoms with van der Waals surface area (Å²) in [5.41, 5.74) is 17.9. The predicted molar refractivity (Wildman–Crippen MR) is 259 cm³/mol. The first-order chi connectivity index (χ1) is 30.6. The molecule has 2 aromatic heterocycles. The Morgan fingerprint density at radius 2 is 1.08 bits per heavy atom. The first-order valence-corrected chi connectivity index (χ1v) is 21.3. The van der Waals surface area contributed by atoms with E-state index in [4.69, 9.17) is 9.97 Å². The van der Waals surface area contributed by atoms with Crippen molar-refractivity contribution < 1.29 is 0 Å². The topological polar surface area (TPSA) is 49.8 Å². The van der Waals surface area contributed by atoms with E-state index in [1.165, 1.54) is 44.2 Å². The van der Waals surface area contributed by atoms with Gasteiger partial charge in [0.2, 0.25) is 0 Å². The van der Waals surface area contributed by atoms with Crippen molar-refractivity contribution in [2.24, 2.45) is 0 Å². The van der Waals surface area contributed by atoms with Gasteiger partial charge in [-0.15, -0.1) is 0 Å². The molecule has 0 saturated carbocycles. The van der Waals surface area contributed by atoms with Crippen LogP contribution in [0.4, 0.5) is 5.69 Å². The summed E-state index contributed by atoms with van der Waals surface area (Å²) in [6.45, 7) is 0. The van der Waals surface area contributed by atoms with Gasteiger partial charge >= 0.3 is 0 Å². The lowest BCUT2D eigenvalue weighted by Gasteiger charge is -2.27. The molecular weight excluding hydrogens is 753 g/mol. The molecule has 12 rings (SSSR count). The second-order valence-corrected chi connectivity index (χ2v) is 16.3. The van der Waals surface area contributed by atoms with Crippen LogP contribution in [0.5, 0.6) is 0 Å². The highest BCUT2D eigenvalue weighted by molar-refractivity contribution is 5.98. The lowest BCUT2D eigenvalue weighted by atomic mass is 9.90. The van der Waals surface area contributed by atoms with E-state index in [0.29, 0.717) is 0 Å². The Morgan fingerprint density at radius 3 is 1.94 bits per heavy atom. The van der Waals surface area contributed by atoms with E-state index in [1.54, 1.807) is 0 Å². The molecule has 4 heteroatoms. The van der Waals surface area contributed by atoms with Gasteiger partial charge in [-0.1, -0.05) is 182 Å². The van der Waals surface area contributed by atoms with Crippen molar-refractivity contribution in [3.63, 3.8) is 0 Å². The van der Waals surface area contributed by atoms with Crippen molar-refractivity contribution in [1.29, 1.82) is 0 Å². The molecule has 3 aliphatic rings. The Morgan fingerprint density at radius 1 is 0.419 bits per heavy atom. The number of aromatic nitrogens is 2. The normalized spacial score (nSPS) is 16.5. The fraction of sp³-hybridized carbons (Fsp3) is 0.0345. The summed E-state index contributed by atoms with van der Waals surface area (Å²) in [4.78, 5) is 10.4. The lowest BCUT2D eigenvalue weighted by molar-refractivity contribution is 0.815. The SMILES string of the molecule is C1=CC2=CC=C(c3ccc4ccc(-c5ccc6cc(C7C=Cc8ccc9ccc(-c%10ccccc%10)nc9c8N7)ccc6c5)nc4c3)NC2C=C1c1ccc(-c2ccccc2)cc1.